The summed E-state index contributed by atoms with van der Waals surface area (Å²) in [5.74, 6) is 1.78. The molecule has 1 atom stereocenters. The first-order valence-electron chi connectivity index (χ1n) is 8.24. The summed E-state index contributed by atoms with van der Waals surface area (Å²) in [5, 5.41) is 2.73. The van der Waals surface area contributed by atoms with Crippen LogP contribution in [0.3, 0.4) is 0 Å². The Morgan fingerprint density at radius 2 is 1.60 bits per heavy atom. The molecule has 2 aromatic carbocycles. The molecule has 0 aliphatic rings. The molecule has 0 aliphatic carbocycles. The van der Waals surface area contributed by atoms with Gasteiger partial charge in [0, 0.05) is 10.6 Å². The molecule has 0 aromatic heterocycles. The summed E-state index contributed by atoms with van der Waals surface area (Å²) in [6, 6.07) is 13.6. The Labute approximate surface area is 153 Å². The van der Waals surface area contributed by atoms with Crippen LogP contribution in [0.4, 0.5) is 5.69 Å². The molecular formula is C20H25NO3S. The van der Waals surface area contributed by atoms with Crippen molar-refractivity contribution in [3.05, 3.63) is 48.0 Å². The molecule has 1 unspecified atom stereocenters. The average Bonchev–Trinajstić information content (AvgIpc) is 2.61. The Balaban J connectivity index is 2.00. The molecular weight excluding hydrogens is 334 g/mol. The topological polar surface area (TPSA) is 47.6 Å². The Morgan fingerprint density at radius 1 is 0.960 bits per heavy atom. The van der Waals surface area contributed by atoms with Gasteiger partial charge in [-0.2, -0.15) is 0 Å². The van der Waals surface area contributed by atoms with Crippen molar-refractivity contribution < 1.29 is 14.3 Å². The van der Waals surface area contributed by atoms with E-state index in [1.807, 2.05) is 49.4 Å². The van der Waals surface area contributed by atoms with E-state index in [9.17, 15) is 4.79 Å². The van der Waals surface area contributed by atoms with Crippen molar-refractivity contribution in [2.45, 2.75) is 36.8 Å². The minimum atomic E-state index is -0.233. The molecule has 0 saturated carbocycles. The van der Waals surface area contributed by atoms with E-state index in [1.54, 1.807) is 14.2 Å². The predicted octanol–water partition coefficient (Wildman–Crippen LogP) is 4.95. The maximum absolute atomic E-state index is 12.4. The van der Waals surface area contributed by atoms with Gasteiger partial charge in [0.2, 0.25) is 5.91 Å². The number of amides is 1. The molecule has 0 fully saturated rings. The summed E-state index contributed by atoms with van der Waals surface area (Å²) >= 11 is 1.48. The van der Waals surface area contributed by atoms with Crippen LogP contribution in [0.1, 0.15) is 32.3 Å². The maximum Gasteiger partial charge on any atom is 0.237 e. The van der Waals surface area contributed by atoms with Gasteiger partial charge >= 0.3 is 0 Å². The zero-order valence-corrected chi connectivity index (χ0v) is 16.1. The minimum Gasteiger partial charge on any atom is -0.493 e. The number of rotatable bonds is 7. The Morgan fingerprint density at radius 3 is 2.16 bits per heavy atom. The molecule has 134 valence electrons. The van der Waals surface area contributed by atoms with E-state index in [0.29, 0.717) is 17.4 Å². The number of carbonyl (C=O) groups excluding carboxylic acids is 1. The number of ether oxygens (including phenoxy) is 2. The van der Waals surface area contributed by atoms with E-state index in [1.165, 1.54) is 17.3 Å². The molecule has 5 heteroatoms. The first kappa shape index (κ1) is 19.2. The molecule has 0 bridgehead atoms. The minimum absolute atomic E-state index is 0.0305. The lowest BCUT2D eigenvalue weighted by atomic mass is 10.0. The molecule has 2 rings (SSSR count). The van der Waals surface area contributed by atoms with Crippen LogP contribution >= 0.6 is 11.8 Å². The number of nitrogens with one attached hydrogen (secondary N) is 1. The van der Waals surface area contributed by atoms with Crippen LogP contribution in [0.25, 0.3) is 0 Å². The first-order chi connectivity index (χ1) is 11.9. The van der Waals surface area contributed by atoms with Crippen molar-refractivity contribution in [1.29, 1.82) is 0 Å². The predicted molar refractivity (Wildman–Crippen MR) is 104 cm³/mol. The number of benzene rings is 2. The maximum atomic E-state index is 12.4. The third-order valence-corrected chi connectivity index (χ3v) is 4.98. The second kappa shape index (κ2) is 8.81. The Bertz CT molecular complexity index is 713. The van der Waals surface area contributed by atoms with Gasteiger partial charge in [0.15, 0.2) is 11.5 Å². The smallest absolute Gasteiger partial charge is 0.237 e. The van der Waals surface area contributed by atoms with Crippen molar-refractivity contribution in [2.75, 3.05) is 19.5 Å². The van der Waals surface area contributed by atoms with Crippen LogP contribution in [-0.4, -0.2) is 25.4 Å². The van der Waals surface area contributed by atoms with Crippen molar-refractivity contribution in [3.8, 4) is 11.5 Å². The van der Waals surface area contributed by atoms with Crippen molar-refractivity contribution in [3.63, 3.8) is 0 Å². The van der Waals surface area contributed by atoms with Gasteiger partial charge in [0.05, 0.1) is 19.5 Å². The zero-order chi connectivity index (χ0) is 18.4. The zero-order valence-electron chi connectivity index (χ0n) is 15.3. The lowest BCUT2D eigenvalue weighted by Gasteiger charge is -2.14. The average molecular weight is 359 g/mol. The van der Waals surface area contributed by atoms with Gasteiger partial charge < -0.3 is 14.8 Å². The molecule has 0 spiro atoms. The number of hydrogen-bond donors (Lipinski definition) is 1. The molecule has 0 radical (unpaired) electrons. The molecule has 0 aliphatic heterocycles. The molecule has 0 saturated heterocycles. The lowest BCUT2D eigenvalue weighted by Crippen LogP contribution is -2.22. The molecule has 1 amide bonds. The van der Waals surface area contributed by atoms with Gasteiger partial charge in [-0.15, -0.1) is 11.8 Å². The van der Waals surface area contributed by atoms with Gasteiger partial charge in [-0.05, 0) is 48.7 Å². The molecule has 2 aromatic rings. The van der Waals surface area contributed by atoms with Gasteiger partial charge in [-0.25, -0.2) is 0 Å². The standard InChI is InChI=1S/C20H25NO3S/c1-13(2)15-6-8-16(9-7-15)21-20(22)14(3)25-17-10-11-18(23-4)19(12-17)24-5/h6-14H,1-5H3,(H,21,22). The van der Waals surface area contributed by atoms with Crippen molar-refractivity contribution >= 4 is 23.4 Å². The molecule has 4 nitrogen and oxygen atoms in total. The van der Waals surface area contributed by atoms with E-state index in [-0.39, 0.29) is 11.2 Å². The van der Waals surface area contributed by atoms with E-state index in [0.717, 1.165) is 10.6 Å². The largest absolute Gasteiger partial charge is 0.493 e. The third-order valence-electron chi connectivity index (χ3n) is 3.88. The number of anilines is 1. The van der Waals surface area contributed by atoms with Crippen LogP contribution in [0, 0.1) is 0 Å². The van der Waals surface area contributed by atoms with E-state index >= 15 is 0 Å². The number of methoxy groups -OCH3 is 2. The Hall–Kier alpha value is -2.14. The Kier molecular flexibility index (Phi) is 6.76. The van der Waals surface area contributed by atoms with Crippen molar-refractivity contribution in [2.24, 2.45) is 0 Å². The summed E-state index contributed by atoms with van der Waals surface area (Å²) in [5.41, 5.74) is 2.07. The lowest BCUT2D eigenvalue weighted by molar-refractivity contribution is -0.115. The fraction of sp³-hybridized carbons (Fsp3) is 0.350. The monoisotopic (exact) mass is 359 g/mol. The van der Waals surface area contributed by atoms with E-state index in [4.69, 9.17) is 9.47 Å². The number of thioether (sulfide) groups is 1. The fourth-order valence-corrected chi connectivity index (χ4v) is 3.24. The summed E-state index contributed by atoms with van der Waals surface area (Å²) in [6.45, 7) is 6.18. The SMILES string of the molecule is COc1ccc(SC(C)C(=O)Nc2ccc(C(C)C)cc2)cc1OC. The highest BCUT2D eigenvalue weighted by Gasteiger charge is 2.16. The highest BCUT2D eigenvalue weighted by atomic mass is 32.2. The highest BCUT2D eigenvalue weighted by molar-refractivity contribution is 8.00. The van der Waals surface area contributed by atoms with Crippen molar-refractivity contribution in [1.82, 2.24) is 0 Å². The van der Waals surface area contributed by atoms with E-state index in [2.05, 4.69) is 19.2 Å². The highest BCUT2D eigenvalue weighted by Crippen LogP contribution is 2.33. The third kappa shape index (κ3) is 5.16. The first-order valence-corrected chi connectivity index (χ1v) is 9.12. The summed E-state index contributed by atoms with van der Waals surface area (Å²) in [7, 11) is 3.20. The summed E-state index contributed by atoms with van der Waals surface area (Å²) in [6.07, 6.45) is 0. The fourth-order valence-electron chi connectivity index (χ4n) is 2.34. The molecule has 25 heavy (non-hydrogen) atoms. The second-order valence-electron chi connectivity index (χ2n) is 6.04. The number of carbonyl (C=O) groups is 1. The van der Waals surface area contributed by atoms with Gasteiger partial charge in [-0.1, -0.05) is 26.0 Å². The summed E-state index contributed by atoms with van der Waals surface area (Å²) < 4.78 is 10.5. The number of hydrogen-bond acceptors (Lipinski definition) is 4. The van der Waals surface area contributed by atoms with Gasteiger partial charge in [0.25, 0.3) is 0 Å². The van der Waals surface area contributed by atoms with Crippen LogP contribution in [0.15, 0.2) is 47.4 Å². The normalized spacial score (nSPS) is 11.9. The molecule has 1 N–H and O–H groups in total. The quantitative estimate of drug-likeness (QED) is 0.711. The summed E-state index contributed by atoms with van der Waals surface area (Å²) in [4.78, 5) is 13.4. The van der Waals surface area contributed by atoms with Gasteiger partial charge in [-0.3, -0.25) is 4.79 Å². The molecule has 0 heterocycles. The van der Waals surface area contributed by atoms with Gasteiger partial charge in [0.1, 0.15) is 0 Å². The van der Waals surface area contributed by atoms with Crippen LogP contribution < -0.4 is 14.8 Å². The van der Waals surface area contributed by atoms with Crippen LogP contribution in [-0.2, 0) is 4.79 Å². The van der Waals surface area contributed by atoms with E-state index < -0.39 is 0 Å². The van der Waals surface area contributed by atoms with Crippen LogP contribution in [0.2, 0.25) is 0 Å². The van der Waals surface area contributed by atoms with Crippen LogP contribution in [0.5, 0.6) is 11.5 Å². The second-order valence-corrected chi connectivity index (χ2v) is 7.46.